The minimum absolute atomic E-state index is 0.171. The highest BCUT2D eigenvalue weighted by Gasteiger charge is 2.14. The summed E-state index contributed by atoms with van der Waals surface area (Å²) in [5, 5.41) is 5.60. The SMILES string of the molecule is Cc1csc(C(C)NC(=O)c2cc[nH]c(=O)c2)n1. The van der Waals surface area contributed by atoms with Gasteiger partial charge in [-0.1, -0.05) is 0 Å². The van der Waals surface area contributed by atoms with E-state index in [0.717, 1.165) is 10.7 Å². The van der Waals surface area contributed by atoms with Gasteiger partial charge in [0.15, 0.2) is 0 Å². The van der Waals surface area contributed by atoms with Crippen LogP contribution in [0.1, 0.15) is 34.0 Å². The van der Waals surface area contributed by atoms with Crippen LogP contribution in [0.5, 0.6) is 0 Å². The topological polar surface area (TPSA) is 74.8 Å². The number of carbonyl (C=O) groups excluding carboxylic acids is 1. The van der Waals surface area contributed by atoms with Gasteiger partial charge in [-0.15, -0.1) is 11.3 Å². The summed E-state index contributed by atoms with van der Waals surface area (Å²) in [6.45, 7) is 3.77. The molecule has 0 fully saturated rings. The maximum atomic E-state index is 11.9. The van der Waals surface area contributed by atoms with Gasteiger partial charge in [0.25, 0.3) is 5.91 Å². The number of hydrogen-bond donors (Lipinski definition) is 2. The molecule has 18 heavy (non-hydrogen) atoms. The van der Waals surface area contributed by atoms with Crippen LogP contribution >= 0.6 is 11.3 Å². The van der Waals surface area contributed by atoms with E-state index in [4.69, 9.17) is 0 Å². The number of H-pyrrole nitrogens is 1. The Morgan fingerprint density at radius 1 is 1.56 bits per heavy atom. The molecular weight excluding hydrogens is 250 g/mol. The third-order valence-electron chi connectivity index (χ3n) is 2.39. The van der Waals surface area contributed by atoms with Gasteiger partial charge < -0.3 is 10.3 Å². The van der Waals surface area contributed by atoms with Crippen LogP contribution in [0.3, 0.4) is 0 Å². The van der Waals surface area contributed by atoms with Crippen molar-refractivity contribution in [2.45, 2.75) is 19.9 Å². The van der Waals surface area contributed by atoms with Crippen molar-refractivity contribution >= 4 is 17.2 Å². The number of amides is 1. The molecule has 0 aliphatic carbocycles. The standard InChI is InChI=1S/C12H13N3O2S/c1-7-6-18-12(14-7)8(2)15-11(17)9-3-4-13-10(16)5-9/h3-6,8H,1-2H3,(H,13,16)(H,15,17). The van der Waals surface area contributed by atoms with Gasteiger partial charge in [-0.3, -0.25) is 9.59 Å². The molecule has 0 saturated heterocycles. The molecule has 5 nitrogen and oxygen atoms in total. The van der Waals surface area contributed by atoms with E-state index in [9.17, 15) is 9.59 Å². The van der Waals surface area contributed by atoms with E-state index in [1.807, 2.05) is 19.2 Å². The van der Waals surface area contributed by atoms with E-state index in [-0.39, 0.29) is 17.5 Å². The van der Waals surface area contributed by atoms with Crippen molar-refractivity contribution in [3.63, 3.8) is 0 Å². The first kappa shape index (κ1) is 12.5. The highest BCUT2D eigenvalue weighted by atomic mass is 32.1. The lowest BCUT2D eigenvalue weighted by atomic mass is 10.2. The summed E-state index contributed by atoms with van der Waals surface area (Å²) >= 11 is 1.50. The van der Waals surface area contributed by atoms with Gasteiger partial charge >= 0.3 is 0 Å². The Hall–Kier alpha value is -1.95. The fraction of sp³-hybridized carbons (Fsp3) is 0.250. The summed E-state index contributed by atoms with van der Waals surface area (Å²) in [6, 6.07) is 2.67. The molecule has 0 aromatic carbocycles. The summed E-state index contributed by atoms with van der Waals surface area (Å²) in [6.07, 6.45) is 1.45. The quantitative estimate of drug-likeness (QED) is 0.883. The van der Waals surface area contributed by atoms with Crippen molar-refractivity contribution in [2.75, 3.05) is 0 Å². The summed E-state index contributed by atoms with van der Waals surface area (Å²) in [5.41, 5.74) is 0.992. The Kier molecular flexibility index (Phi) is 3.57. The zero-order valence-electron chi connectivity index (χ0n) is 10.1. The van der Waals surface area contributed by atoms with Crippen molar-refractivity contribution in [3.8, 4) is 0 Å². The van der Waals surface area contributed by atoms with Crippen molar-refractivity contribution in [3.05, 3.63) is 50.3 Å². The Morgan fingerprint density at radius 2 is 2.33 bits per heavy atom. The molecule has 94 valence electrons. The number of carbonyl (C=O) groups is 1. The lowest BCUT2D eigenvalue weighted by Gasteiger charge is -2.10. The second-order valence-corrected chi connectivity index (χ2v) is 4.85. The Balaban J connectivity index is 2.10. The van der Waals surface area contributed by atoms with Crippen molar-refractivity contribution < 1.29 is 4.79 Å². The normalized spacial score (nSPS) is 12.1. The number of aryl methyl sites for hydroxylation is 1. The molecule has 2 N–H and O–H groups in total. The maximum absolute atomic E-state index is 11.9. The van der Waals surface area contributed by atoms with Crippen LogP contribution in [0.2, 0.25) is 0 Å². The summed E-state index contributed by atoms with van der Waals surface area (Å²) in [5.74, 6) is -0.276. The smallest absolute Gasteiger partial charge is 0.252 e. The molecular formula is C12H13N3O2S. The number of thiazole rings is 1. The average Bonchev–Trinajstić information content (AvgIpc) is 2.76. The predicted molar refractivity (Wildman–Crippen MR) is 69.8 cm³/mol. The second kappa shape index (κ2) is 5.14. The van der Waals surface area contributed by atoms with Crippen molar-refractivity contribution in [1.82, 2.24) is 15.3 Å². The molecule has 0 bridgehead atoms. The van der Waals surface area contributed by atoms with E-state index in [2.05, 4.69) is 15.3 Å². The molecule has 0 saturated carbocycles. The zero-order valence-corrected chi connectivity index (χ0v) is 10.9. The van der Waals surface area contributed by atoms with Gasteiger partial charge in [0.2, 0.25) is 5.56 Å². The first-order valence-electron chi connectivity index (χ1n) is 5.48. The van der Waals surface area contributed by atoms with E-state index in [1.165, 1.54) is 23.6 Å². The molecule has 2 aromatic rings. The summed E-state index contributed by atoms with van der Waals surface area (Å²) < 4.78 is 0. The number of nitrogens with zero attached hydrogens (tertiary/aromatic N) is 1. The molecule has 0 radical (unpaired) electrons. The van der Waals surface area contributed by atoms with Gasteiger partial charge in [-0.05, 0) is 19.9 Å². The Labute approximate surface area is 108 Å². The van der Waals surface area contributed by atoms with Crippen LogP contribution < -0.4 is 10.9 Å². The monoisotopic (exact) mass is 263 g/mol. The lowest BCUT2D eigenvalue weighted by molar-refractivity contribution is 0.0939. The molecule has 1 amide bonds. The lowest BCUT2D eigenvalue weighted by Crippen LogP contribution is -2.27. The van der Waals surface area contributed by atoms with Gasteiger partial charge in [0.05, 0.1) is 6.04 Å². The number of hydrogen-bond acceptors (Lipinski definition) is 4. The number of rotatable bonds is 3. The molecule has 2 heterocycles. The van der Waals surface area contributed by atoms with Crippen LogP contribution in [0.25, 0.3) is 0 Å². The van der Waals surface area contributed by atoms with E-state index < -0.39 is 0 Å². The van der Waals surface area contributed by atoms with Gasteiger partial charge in [-0.2, -0.15) is 0 Å². The van der Waals surface area contributed by atoms with Crippen LogP contribution in [0, 0.1) is 6.92 Å². The minimum Gasteiger partial charge on any atom is -0.343 e. The highest BCUT2D eigenvalue weighted by Crippen LogP contribution is 2.17. The maximum Gasteiger partial charge on any atom is 0.252 e. The largest absolute Gasteiger partial charge is 0.343 e. The van der Waals surface area contributed by atoms with Gasteiger partial charge in [0.1, 0.15) is 5.01 Å². The number of nitrogens with one attached hydrogen (secondary N) is 2. The zero-order chi connectivity index (χ0) is 13.1. The van der Waals surface area contributed by atoms with Crippen LogP contribution in [-0.2, 0) is 0 Å². The first-order chi connectivity index (χ1) is 8.56. The highest BCUT2D eigenvalue weighted by molar-refractivity contribution is 7.09. The Morgan fingerprint density at radius 3 is 2.94 bits per heavy atom. The first-order valence-corrected chi connectivity index (χ1v) is 6.36. The van der Waals surface area contributed by atoms with Crippen LogP contribution in [0.4, 0.5) is 0 Å². The molecule has 0 spiro atoms. The molecule has 0 aliphatic rings. The van der Waals surface area contributed by atoms with Crippen molar-refractivity contribution in [1.29, 1.82) is 0 Å². The van der Waals surface area contributed by atoms with Crippen LogP contribution in [0.15, 0.2) is 28.5 Å². The Bertz CT molecular complexity index is 618. The summed E-state index contributed by atoms with van der Waals surface area (Å²) in [4.78, 5) is 29.8. The van der Waals surface area contributed by atoms with E-state index >= 15 is 0 Å². The average molecular weight is 263 g/mol. The van der Waals surface area contributed by atoms with Gasteiger partial charge in [-0.25, -0.2) is 4.98 Å². The predicted octanol–water partition coefficient (Wildman–Crippen LogP) is 1.63. The fourth-order valence-electron chi connectivity index (χ4n) is 1.50. The molecule has 1 atom stereocenters. The number of pyridine rings is 1. The van der Waals surface area contributed by atoms with Crippen molar-refractivity contribution in [2.24, 2.45) is 0 Å². The van der Waals surface area contributed by atoms with Crippen LogP contribution in [-0.4, -0.2) is 15.9 Å². The van der Waals surface area contributed by atoms with E-state index in [1.54, 1.807) is 6.07 Å². The fourth-order valence-corrected chi connectivity index (χ4v) is 2.30. The molecule has 6 heteroatoms. The molecule has 2 aromatic heterocycles. The van der Waals surface area contributed by atoms with Gasteiger partial charge in [0, 0.05) is 28.9 Å². The third kappa shape index (κ3) is 2.84. The molecule has 1 unspecified atom stereocenters. The molecule has 2 rings (SSSR count). The minimum atomic E-state index is -0.291. The van der Waals surface area contributed by atoms with E-state index in [0.29, 0.717) is 5.56 Å². The third-order valence-corrected chi connectivity index (χ3v) is 3.54. The number of aromatic amines is 1. The second-order valence-electron chi connectivity index (χ2n) is 3.96. The summed E-state index contributed by atoms with van der Waals surface area (Å²) in [7, 11) is 0. The molecule has 0 aliphatic heterocycles. The number of aromatic nitrogens is 2.